The molecule has 0 bridgehead atoms. The molecule has 2 N–H and O–H groups in total. The van der Waals surface area contributed by atoms with Crippen LogP contribution in [-0.2, 0) is 50.9 Å². The third kappa shape index (κ3) is 18.2. The number of nitrogens with zero attached hydrogens (tertiary/aromatic N) is 1. The number of aromatic nitrogens is 3. The number of rotatable bonds is 6. The number of hydrogen-bond donors (Lipinski definition) is 2. The van der Waals surface area contributed by atoms with Crippen LogP contribution in [0.1, 0.15) is 101 Å². The highest BCUT2D eigenvalue weighted by Gasteiger charge is 2.40. The molecule has 3 aliphatic heterocycles. The fourth-order valence-corrected chi connectivity index (χ4v) is 7.03. The molecule has 0 radical (unpaired) electrons. The van der Waals surface area contributed by atoms with Gasteiger partial charge in [0.05, 0.1) is 31.7 Å². The van der Waals surface area contributed by atoms with Crippen LogP contribution in [0.25, 0.3) is 0 Å². The Balaban J connectivity index is 1.11. The molecule has 11 nitrogen and oxygen atoms in total. The van der Waals surface area contributed by atoms with Gasteiger partial charge in [0.2, 0.25) is 0 Å². The third-order valence-corrected chi connectivity index (χ3v) is 10.4. The van der Waals surface area contributed by atoms with Crippen molar-refractivity contribution in [1.82, 2.24) is 15.0 Å². The fourth-order valence-electron chi connectivity index (χ4n) is 7.03. The highest BCUT2D eigenvalue weighted by molar-refractivity contribution is 5.70. The Hall–Kier alpha value is -4.81. The Labute approximate surface area is 356 Å². The monoisotopic (exact) mass is 823 g/mol. The van der Waals surface area contributed by atoms with Crippen LogP contribution >= 0.6 is 0 Å². The zero-order valence-corrected chi connectivity index (χ0v) is 35.1. The summed E-state index contributed by atoms with van der Waals surface area (Å²) in [5.41, 5.74) is 2.27. The molecule has 2 spiro atoms. The first-order chi connectivity index (χ1) is 29.5. The Morgan fingerprint density at radius 3 is 1.48 bits per heavy atom. The molecule has 2 unspecified atom stereocenters. The Kier molecular flexibility index (Phi) is 20.9. The van der Waals surface area contributed by atoms with Crippen molar-refractivity contribution in [3.8, 4) is 0 Å². The number of aromatic amines is 2. The van der Waals surface area contributed by atoms with E-state index in [0.717, 1.165) is 44.2 Å². The van der Waals surface area contributed by atoms with Crippen LogP contribution in [0.3, 0.4) is 0 Å². The molecule has 2 saturated heterocycles. The van der Waals surface area contributed by atoms with Crippen molar-refractivity contribution in [2.45, 2.75) is 127 Å². The van der Waals surface area contributed by atoms with E-state index in [4.69, 9.17) is 28.4 Å². The van der Waals surface area contributed by atoms with Crippen LogP contribution in [-0.4, -0.2) is 77.1 Å². The van der Waals surface area contributed by atoms with E-state index in [-0.39, 0.29) is 37.4 Å². The second-order valence-electron chi connectivity index (χ2n) is 15.2. The predicted molar refractivity (Wildman–Crippen MR) is 234 cm³/mol. The quantitative estimate of drug-likeness (QED) is 0.216. The van der Waals surface area contributed by atoms with E-state index in [1.807, 2.05) is 54.9 Å². The molecule has 0 aliphatic carbocycles. The number of hydrogen-bond acceptors (Lipinski definition) is 9. The van der Waals surface area contributed by atoms with E-state index in [1.165, 1.54) is 5.69 Å². The lowest BCUT2D eigenvalue weighted by atomic mass is 10.1. The van der Waals surface area contributed by atoms with Gasteiger partial charge in [0.15, 0.2) is 11.6 Å². The lowest BCUT2D eigenvalue weighted by Crippen LogP contribution is -2.29. The number of carbonyl (C=O) groups is 2. The van der Waals surface area contributed by atoms with Crippen molar-refractivity contribution in [3.05, 3.63) is 139 Å². The molecule has 60 heavy (non-hydrogen) atoms. The van der Waals surface area contributed by atoms with Crippen molar-refractivity contribution in [1.29, 1.82) is 0 Å². The van der Waals surface area contributed by atoms with Crippen molar-refractivity contribution >= 4 is 11.9 Å². The minimum absolute atomic E-state index is 0.00573. The molecule has 324 valence electrons. The second-order valence-corrected chi connectivity index (χ2v) is 15.2. The van der Waals surface area contributed by atoms with Crippen molar-refractivity contribution in [2.24, 2.45) is 0 Å². The number of allylic oxidation sites excluding steroid dienone is 10. The molecule has 5 rings (SSSR count). The first-order valence-electron chi connectivity index (χ1n) is 21.8. The summed E-state index contributed by atoms with van der Waals surface area (Å²) in [5, 5.41) is 0. The van der Waals surface area contributed by atoms with Gasteiger partial charge in [-0.3, -0.25) is 9.59 Å². The summed E-state index contributed by atoms with van der Waals surface area (Å²) in [6, 6.07) is 4.11. The van der Waals surface area contributed by atoms with Crippen LogP contribution in [0.2, 0.25) is 0 Å². The summed E-state index contributed by atoms with van der Waals surface area (Å²) in [6.07, 6.45) is 49.1. The molecule has 3 aliphatic rings. The molecule has 5 heterocycles. The standard InChI is InChI=1S/C49H65N3O8/c53-46-25-15-7-1-3-9-17-31-48(57-39-44(59-48)29-27-42-24-23-35-51-42)32-18-10-4-2-8-16-26-47(54)56-37-22-14-6-12-20-34-49(33-19-11-5-13-21-36-55-46)58-40-45(60-49)30-28-43-38-50-41-52-43/h1-2,7-14,17-24,35,38,41,44-45,51H,3-6,15-16,25-34,36-37,39-40H2,(H,50,52). The average Bonchev–Trinajstić information content (AvgIpc) is 4.10. The summed E-state index contributed by atoms with van der Waals surface area (Å²) in [7, 11) is 0. The van der Waals surface area contributed by atoms with Crippen LogP contribution in [0, 0.1) is 0 Å². The molecular weight excluding hydrogens is 759 g/mol. The Morgan fingerprint density at radius 1 is 0.567 bits per heavy atom. The molecule has 2 aromatic rings. The van der Waals surface area contributed by atoms with Gasteiger partial charge in [-0.15, -0.1) is 0 Å². The lowest BCUT2D eigenvalue weighted by Gasteiger charge is -2.26. The first-order valence-corrected chi connectivity index (χ1v) is 21.8. The van der Waals surface area contributed by atoms with Gasteiger partial charge in [-0.2, -0.15) is 0 Å². The van der Waals surface area contributed by atoms with E-state index in [2.05, 4.69) is 81.8 Å². The van der Waals surface area contributed by atoms with E-state index in [9.17, 15) is 9.59 Å². The summed E-state index contributed by atoms with van der Waals surface area (Å²) in [5.74, 6) is -1.86. The highest BCUT2D eigenvalue weighted by atomic mass is 16.7. The van der Waals surface area contributed by atoms with Gasteiger partial charge < -0.3 is 38.4 Å². The molecular formula is C49H65N3O8. The summed E-state index contributed by atoms with van der Waals surface area (Å²) in [4.78, 5) is 35.1. The van der Waals surface area contributed by atoms with E-state index in [1.54, 1.807) is 6.33 Å². The summed E-state index contributed by atoms with van der Waals surface area (Å²) < 4.78 is 36.5. The molecule has 2 aromatic heterocycles. The van der Waals surface area contributed by atoms with Crippen molar-refractivity contribution in [2.75, 3.05) is 26.4 Å². The maximum atomic E-state index is 12.3. The van der Waals surface area contributed by atoms with E-state index in [0.29, 0.717) is 77.4 Å². The van der Waals surface area contributed by atoms with Crippen LogP contribution in [0.4, 0.5) is 0 Å². The van der Waals surface area contributed by atoms with Crippen LogP contribution in [0.5, 0.6) is 0 Å². The number of esters is 2. The van der Waals surface area contributed by atoms with Gasteiger partial charge >= 0.3 is 11.9 Å². The third-order valence-electron chi connectivity index (χ3n) is 10.4. The fraction of sp³-hybridized carbons (Fsp3) is 0.490. The minimum Gasteiger partial charge on any atom is -0.461 e. The van der Waals surface area contributed by atoms with Gasteiger partial charge in [-0.05, 0) is 76.3 Å². The minimum atomic E-state index is -0.732. The predicted octanol–water partition coefficient (Wildman–Crippen LogP) is 9.76. The van der Waals surface area contributed by atoms with Crippen molar-refractivity contribution < 1.29 is 38.0 Å². The number of carbonyl (C=O) groups excluding carboxylic acids is 2. The van der Waals surface area contributed by atoms with Gasteiger partial charge in [0.25, 0.3) is 0 Å². The molecule has 0 amide bonds. The van der Waals surface area contributed by atoms with Gasteiger partial charge in [0.1, 0.15) is 13.2 Å². The molecule has 11 heteroatoms. The maximum Gasteiger partial charge on any atom is 0.306 e. The molecule has 2 atom stereocenters. The Morgan fingerprint density at radius 2 is 1.03 bits per heavy atom. The summed E-state index contributed by atoms with van der Waals surface area (Å²) in [6.45, 7) is 1.60. The zero-order chi connectivity index (χ0) is 41.8. The molecule has 2 fully saturated rings. The second kappa shape index (κ2) is 27.1. The van der Waals surface area contributed by atoms with Crippen LogP contribution in [0.15, 0.2) is 128 Å². The van der Waals surface area contributed by atoms with E-state index < -0.39 is 11.6 Å². The van der Waals surface area contributed by atoms with Gasteiger partial charge in [0, 0.05) is 62.3 Å². The summed E-state index contributed by atoms with van der Waals surface area (Å²) >= 11 is 0. The smallest absolute Gasteiger partial charge is 0.306 e. The molecule has 0 aromatic carbocycles. The van der Waals surface area contributed by atoms with Gasteiger partial charge in [-0.1, -0.05) is 97.2 Å². The van der Waals surface area contributed by atoms with Crippen LogP contribution < -0.4 is 0 Å². The largest absolute Gasteiger partial charge is 0.461 e. The number of cyclic esters (lactones) is 2. The normalized spacial score (nSPS) is 26.5. The number of H-pyrrole nitrogens is 2. The zero-order valence-electron chi connectivity index (χ0n) is 35.1. The lowest BCUT2D eigenvalue weighted by molar-refractivity contribution is -0.163. The molecule has 0 saturated carbocycles. The SMILES string of the molecule is O=C1CCC=CCC=CCC2(CC=CCC=CCCC(=O)OCC=CCC=CCC3(CC=CCC=CCO1)OCC(CCc1cnc[nH]1)O3)OCC(CCc1ccc[nH]1)O2. The van der Waals surface area contributed by atoms with E-state index >= 15 is 0 Å². The average molecular weight is 824 g/mol. The highest BCUT2D eigenvalue weighted by Crippen LogP contribution is 2.34. The number of imidazole rings is 1. The number of ether oxygens (including phenoxy) is 6. The number of nitrogens with one attached hydrogen (secondary N) is 2. The first kappa shape index (κ1) is 46.3. The Bertz CT molecular complexity index is 1550. The van der Waals surface area contributed by atoms with Crippen molar-refractivity contribution in [3.63, 3.8) is 0 Å². The van der Waals surface area contributed by atoms with Gasteiger partial charge in [-0.25, -0.2) is 4.98 Å². The topological polar surface area (TPSA) is 134 Å². The maximum absolute atomic E-state index is 12.3. The number of aryl methyl sites for hydroxylation is 2.